The number of anilines is 1. The van der Waals surface area contributed by atoms with E-state index in [0.29, 0.717) is 17.9 Å². The molecule has 0 saturated carbocycles. The van der Waals surface area contributed by atoms with E-state index in [1.165, 1.54) is 0 Å². The second-order valence-corrected chi connectivity index (χ2v) is 4.45. The molecule has 0 spiro atoms. The fourth-order valence-corrected chi connectivity index (χ4v) is 2.17. The molecule has 2 aromatic rings. The van der Waals surface area contributed by atoms with Gasteiger partial charge in [-0.05, 0) is 43.3 Å². The van der Waals surface area contributed by atoms with E-state index in [4.69, 9.17) is 9.47 Å². The van der Waals surface area contributed by atoms with Crippen molar-refractivity contribution in [1.29, 1.82) is 0 Å². The summed E-state index contributed by atoms with van der Waals surface area (Å²) in [5, 5.41) is 0. The summed E-state index contributed by atoms with van der Waals surface area (Å²) in [4.78, 5) is 14.4. The molecule has 0 heterocycles. The highest BCUT2D eigenvalue weighted by Gasteiger charge is 2.19. The van der Waals surface area contributed by atoms with E-state index >= 15 is 0 Å². The molecule has 0 unspecified atom stereocenters. The topological polar surface area (TPSA) is 38.8 Å². The Morgan fingerprint density at radius 1 is 1.00 bits per heavy atom. The summed E-state index contributed by atoms with van der Waals surface area (Å²) in [6, 6.07) is 14.6. The first-order valence-electron chi connectivity index (χ1n) is 6.80. The Bertz CT molecular complexity index is 608. The lowest BCUT2D eigenvalue weighted by Gasteiger charge is -2.23. The van der Waals surface area contributed by atoms with Crippen LogP contribution in [0.4, 0.5) is 5.69 Å². The molecule has 0 aliphatic carbocycles. The summed E-state index contributed by atoms with van der Waals surface area (Å²) in [6.45, 7) is 2.50. The highest BCUT2D eigenvalue weighted by atomic mass is 16.5. The van der Waals surface area contributed by atoms with Crippen molar-refractivity contribution >= 4 is 11.6 Å². The van der Waals surface area contributed by atoms with E-state index in [-0.39, 0.29) is 5.91 Å². The number of carbonyl (C=O) groups excluding carboxylic acids is 1. The van der Waals surface area contributed by atoms with E-state index in [0.717, 1.165) is 11.4 Å². The lowest BCUT2D eigenvalue weighted by Crippen LogP contribution is -2.30. The highest BCUT2D eigenvalue weighted by molar-refractivity contribution is 6.06. The Kier molecular flexibility index (Phi) is 4.82. The predicted molar refractivity (Wildman–Crippen MR) is 83.3 cm³/mol. The van der Waals surface area contributed by atoms with Gasteiger partial charge < -0.3 is 14.4 Å². The Morgan fingerprint density at radius 2 is 1.67 bits per heavy atom. The monoisotopic (exact) mass is 285 g/mol. The quantitative estimate of drug-likeness (QED) is 0.845. The van der Waals surface area contributed by atoms with Crippen LogP contribution < -0.4 is 14.4 Å². The van der Waals surface area contributed by atoms with E-state index in [2.05, 4.69) is 0 Å². The highest BCUT2D eigenvalue weighted by Crippen LogP contribution is 2.28. The SMILES string of the molecule is CCN(C(=O)c1ccc(OC)cc1)c1ccccc1OC. The molecule has 4 heteroatoms. The van der Waals surface area contributed by atoms with Crippen LogP contribution in [-0.2, 0) is 0 Å². The lowest BCUT2D eigenvalue weighted by atomic mass is 10.1. The Labute approximate surface area is 124 Å². The fourth-order valence-electron chi connectivity index (χ4n) is 2.17. The number of methoxy groups -OCH3 is 2. The number of amides is 1. The lowest BCUT2D eigenvalue weighted by molar-refractivity contribution is 0.0987. The summed E-state index contributed by atoms with van der Waals surface area (Å²) in [5.41, 5.74) is 1.38. The summed E-state index contributed by atoms with van der Waals surface area (Å²) in [5.74, 6) is 1.35. The van der Waals surface area contributed by atoms with Gasteiger partial charge in [-0.2, -0.15) is 0 Å². The molecule has 0 bridgehead atoms. The number of hydrogen-bond acceptors (Lipinski definition) is 3. The van der Waals surface area contributed by atoms with Crippen molar-refractivity contribution in [3.8, 4) is 11.5 Å². The Morgan fingerprint density at radius 3 is 2.24 bits per heavy atom. The molecule has 0 aromatic heterocycles. The number of hydrogen-bond donors (Lipinski definition) is 0. The predicted octanol–water partition coefficient (Wildman–Crippen LogP) is 3.37. The summed E-state index contributed by atoms with van der Waals surface area (Å²) < 4.78 is 10.4. The molecule has 4 nitrogen and oxygen atoms in total. The van der Waals surface area contributed by atoms with Crippen molar-refractivity contribution in [1.82, 2.24) is 0 Å². The van der Waals surface area contributed by atoms with Crippen LogP contribution in [-0.4, -0.2) is 26.7 Å². The van der Waals surface area contributed by atoms with Crippen LogP contribution in [0.25, 0.3) is 0 Å². The fraction of sp³-hybridized carbons (Fsp3) is 0.235. The molecule has 1 amide bonds. The van der Waals surface area contributed by atoms with Crippen molar-refractivity contribution < 1.29 is 14.3 Å². The minimum atomic E-state index is -0.0651. The number of carbonyl (C=O) groups is 1. The zero-order valence-corrected chi connectivity index (χ0v) is 12.5. The van der Waals surface area contributed by atoms with Gasteiger partial charge >= 0.3 is 0 Å². The second-order valence-electron chi connectivity index (χ2n) is 4.45. The van der Waals surface area contributed by atoms with Gasteiger partial charge in [-0.25, -0.2) is 0 Å². The van der Waals surface area contributed by atoms with Gasteiger partial charge in [0.25, 0.3) is 5.91 Å². The molecule has 0 atom stereocenters. The first kappa shape index (κ1) is 14.9. The van der Waals surface area contributed by atoms with Gasteiger partial charge in [0.2, 0.25) is 0 Å². The van der Waals surface area contributed by atoms with Gasteiger partial charge in [-0.3, -0.25) is 4.79 Å². The van der Waals surface area contributed by atoms with E-state index in [9.17, 15) is 4.79 Å². The van der Waals surface area contributed by atoms with E-state index in [1.54, 1.807) is 43.4 Å². The largest absolute Gasteiger partial charge is 0.497 e. The van der Waals surface area contributed by atoms with Crippen molar-refractivity contribution in [2.45, 2.75) is 6.92 Å². The van der Waals surface area contributed by atoms with Crippen LogP contribution in [0, 0.1) is 0 Å². The number of nitrogens with zero attached hydrogens (tertiary/aromatic N) is 1. The zero-order valence-electron chi connectivity index (χ0n) is 12.5. The van der Waals surface area contributed by atoms with Gasteiger partial charge in [0.05, 0.1) is 19.9 Å². The minimum absolute atomic E-state index is 0.0651. The minimum Gasteiger partial charge on any atom is -0.497 e. The molecule has 0 fully saturated rings. The summed E-state index contributed by atoms with van der Waals surface area (Å²) >= 11 is 0. The van der Waals surface area contributed by atoms with Crippen molar-refractivity contribution in [2.24, 2.45) is 0 Å². The van der Waals surface area contributed by atoms with E-state index < -0.39 is 0 Å². The van der Waals surface area contributed by atoms with Crippen LogP contribution >= 0.6 is 0 Å². The van der Waals surface area contributed by atoms with Crippen molar-refractivity contribution in [3.63, 3.8) is 0 Å². The van der Waals surface area contributed by atoms with Gasteiger partial charge in [0, 0.05) is 12.1 Å². The average molecular weight is 285 g/mol. The Hall–Kier alpha value is -2.49. The standard InChI is InChI=1S/C17H19NO3/c1-4-18(15-7-5-6-8-16(15)21-3)17(19)13-9-11-14(20-2)12-10-13/h5-12H,4H2,1-3H3. The molecule has 0 radical (unpaired) electrons. The average Bonchev–Trinajstić information content (AvgIpc) is 2.56. The van der Waals surface area contributed by atoms with Gasteiger partial charge in [0.1, 0.15) is 11.5 Å². The first-order valence-corrected chi connectivity index (χ1v) is 6.80. The van der Waals surface area contributed by atoms with Crippen molar-refractivity contribution in [3.05, 3.63) is 54.1 Å². The first-order chi connectivity index (χ1) is 10.2. The third kappa shape index (κ3) is 3.16. The van der Waals surface area contributed by atoms with E-state index in [1.807, 2.05) is 31.2 Å². The number of benzene rings is 2. The third-order valence-corrected chi connectivity index (χ3v) is 3.27. The molecule has 0 aliphatic rings. The molecule has 2 rings (SSSR count). The van der Waals surface area contributed by atoms with Gasteiger partial charge in [0.15, 0.2) is 0 Å². The second kappa shape index (κ2) is 6.79. The molecule has 0 aliphatic heterocycles. The molecule has 0 N–H and O–H groups in total. The van der Waals surface area contributed by atoms with Crippen LogP contribution in [0.5, 0.6) is 11.5 Å². The van der Waals surface area contributed by atoms with Crippen LogP contribution in [0.3, 0.4) is 0 Å². The number of ether oxygens (including phenoxy) is 2. The van der Waals surface area contributed by atoms with Gasteiger partial charge in [-0.15, -0.1) is 0 Å². The summed E-state index contributed by atoms with van der Waals surface area (Å²) in [6.07, 6.45) is 0. The third-order valence-electron chi connectivity index (χ3n) is 3.27. The normalized spacial score (nSPS) is 10.0. The molecular weight excluding hydrogens is 266 g/mol. The number of para-hydroxylation sites is 2. The van der Waals surface area contributed by atoms with Crippen molar-refractivity contribution in [2.75, 3.05) is 25.7 Å². The number of rotatable bonds is 5. The zero-order chi connectivity index (χ0) is 15.2. The maximum Gasteiger partial charge on any atom is 0.258 e. The molecule has 2 aromatic carbocycles. The molecule has 0 saturated heterocycles. The maximum atomic E-state index is 12.7. The van der Waals surface area contributed by atoms with Crippen LogP contribution in [0.2, 0.25) is 0 Å². The molecule has 21 heavy (non-hydrogen) atoms. The maximum absolute atomic E-state index is 12.7. The van der Waals surface area contributed by atoms with Crippen LogP contribution in [0.15, 0.2) is 48.5 Å². The smallest absolute Gasteiger partial charge is 0.258 e. The van der Waals surface area contributed by atoms with Crippen LogP contribution in [0.1, 0.15) is 17.3 Å². The summed E-state index contributed by atoms with van der Waals surface area (Å²) in [7, 11) is 3.20. The Balaban J connectivity index is 2.33. The molecular formula is C17H19NO3. The molecule has 110 valence electrons. The van der Waals surface area contributed by atoms with Gasteiger partial charge in [-0.1, -0.05) is 12.1 Å².